The van der Waals surface area contributed by atoms with Gasteiger partial charge in [0.1, 0.15) is 0 Å². The number of amides is 2. The predicted octanol–water partition coefficient (Wildman–Crippen LogP) is 1.57. The number of carbonyl (C=O) groups excluding carboxylic acids is 2. The van der Waals surface area contributed by atoms with Crippen LogP contribution in [-0.2, 0) is 33.5 Å². The number of hydrogen-bond donors (Lipinski definition) is 2. The van der Waals surface area contributed by atoms with E-state index in [1.807, 2.05) is 12.1 Å². The van der Waals surface area contributed by atoms with E-state index < -0.39 is 10.0 Å². The van der Waals surface area contributed by atoms with Gasteiger partial charge in [0.05, 0.1) is 5.75 Å². The van der Waals surface area contributed by atoms with Crippen molar-refractivity contribution >= 4 is 27.5 Å². The van der Waals surface area contributed by atoms with Gasteiger partial charge in [-0.15, -0.1) is 0 Å². The smallest absolute Gasteiger partial charge is 0.251 e. The molecule has 2 amide bonds. The summed E-state index contributed by atoms with van der Waals surface area (Å²) >= 11 is 0. The molecule has 0 radical (unpaired) electrons. The van der Waals surface area contributed by atoms with Crippen molar-refractivity contribution in [3.63, 3.8) is 0 Å². The van der Waals surface area contributed by atoms with Crippen LogP contribution in [0.15, 0.2) is 42.5 Å². The standard InChI is InChI=1S/C20H23N3O4S/c1-14(24)23-10-9-17-11-18(7-8-19(17)23)20(25)22-12-15-3-5-16(6-4-15)13-28(26,27)21-2/h3-8,11,21H,9-10,12-13H2,1-2H3,(H,22,25). The molecule has 8 heteroatoms. The number of fused-ring (bicyclic) bond motifs is 1. The predicted molar refractivity (Wildman–Crippen MR) is 107 cm³/mol. The molecule has 1 heterocycles. The summed E-state index contributed by atoms with van der Waals surface area (Å²) < 4.78 is 25.4. The van der Waals surface area contributed by atoms with Crippen molar-refractivity contribution < 1.29 is 18.0 Å². The van der Waals surface area contributed by atoms with Gasteiger partial charge >= 0.3 is 0 Å². The van der Waals surface area contributed by atoms with Crippen molar-refractivity contribution in [2.45, 2.75) is 25.6 Å². The van der Waals surface area contributed by atoms with E-state index in [0.717, 1.165) is 23.2 Å². The Bertz CT molecular complexity index is 1000. The van der Waals surface area contributed by atoms with E-state index in [0.29, 0.717) is 24.2 Å². The zero-order valence-electron chi connectivity index (χ0n) is 15.9. The fourth-order valence-electron chi connectivity index (χ4n) is 3.20. The van der Waals surface area contributed by atoms with Crippen LogP contribution in [0.1, 0.15) is 34.0 Å². The molecule has 0 fully saturated rings. The van der Waals surface area contributed by atoms with E-state index in [1.165, 1.54) is 14.0 Å². The van der Waals surface area contributed by atoms with Gasteiger partial charge in [0, 0.05) is 31.3 Å². The van der Waals surface area contributed by atoms with Gasteiger partial charge in [-0.05, 0) is 48.4 Å². The molecule has 0 atom stereocenters. The highest BCUT2D eigenvalue weighted by atomic mass is 32.2. The van der Waals surface area contributed by atoms with Gasteiger partial charge in [-0.25, -0.2) is 13.1 Å². The van der Waals surface area contributed by atoms with Crippen molar-refractivity contribution in [3.8, 4) is 0 Å². The first-order valence-electron chi connectivity index (χ1n) is 8.97. The minimum absolute atomic E-state index is 0.00177. The van der Waals surface area contributed by atoms with Gasteiger partial charge in [0.2, 0.25) is 15.9 Å². The summed E-state index contributed by atoms with van der Waals surface area (Å²) in [7, 11) is -1.92. The largest absolute Gasteiger partial charge is 0.348 e. The number of benzene rings is 2. The monoisotopic (exact) mass is 401 g/mol. The lowest BCUT2D eigenvalue weighted by molar-refractivity contribution is -0.116. The lowest BCUT2D eigenvalue weighted by Gasteiger charge is -2.14. The first kappa shape index (κ1) is 20.0. The Labute approximate surface area is 164 Å². The van der Waals surface area contributed by atoms with E-state index in [4.69, 9.17) is 0 Å². The molecular formula is C20H23N3O4S. The van der Waals surface area contributed by atoms with Crippen LogP contribution in [0.5, 0.6) is 0 Å². The van der Waals surface area contributed by atoms with Crippen molar-refractivity contribution in [1.29, 1.82) is 0 Å². The summed E-state index contributed by atoms with van der Waals surface area (Å²) in [4.78, 5) is 25.8. The minimum Gasteiger partial charge on any atom is -0.348 e. The summed E-state index contributed by atoms with van der Waals surface area (Å²) in [6.45, 7) is 2.52. The molecule has 1 aliphatic heterocycles. The number of sulfonamides is 1. The third-order valence-corrected chi connectivity index (χ3v) is 6.10. The van der Waals surface area contributed by atoms with E-state index in [1.54, 1.807) is 35.2 Å². The zero-order valence-corrected chi connectivity index (χ0v) is 16.7. The molecule has 1 aliphatic rings. The van der Waals surface area contributed by atoms with Gasteiger partial charge < -0.3 is 10.2 Å². The second-order valence-corrected chi connectivity index (χ2v) is 8.65. The molecule has 28 heavy (non-hydrogen) atoms. The maximum atomic E-state index is 12.4. The van der Waals surface area contributed by atoms with Crippen LogP contribution in [0.2, 0.25) is 0 Å². The van der Waals surface area contributed by atoms with Crippen LogP contribution in [0.4, 0.5) is 5.69 Å². The summed E-state index contributed by atoms with van der Waals surface area (Å²) in [5.74, 6) is -0.268. The highest BCUT2D eigenvalue weighted by Gasteiger charge is 2.23. The van der Waals surface area contributed by atoms with Crippen molar-refractivity contribution in [2.75, 3.05) is 18.5 Å². The Morgan fingerprint density at radius 1 is 1.07 bits per heavy atom. The van der Waals surface area contributed by atoms with Crippen LogP contribution in [-0.4, -0.2) is 33.8 Å². The fourth-order valence-corrected chi connectivity index (χ4v) is 3.98. The van der Waals surface area contributed by atoms with E-state index in [2.05, 4.69) is 10.0 Å². The summed E-state index contributed by atoms with van der Waals surface area (Å²) in [5, 5.41) is 2.87. The average molecular weight is 401 g/mol. The van der Waals surface area contributed by atoms with E-state index in [9.17, 15) is 18.0 Å². The van der Waals surface area contributed by atoms with Crippen LogP contribution in [0.3, 0.4) is 0 Å². The minimum atomic E-state index is -3.31. The Morgan fingerprint density at radius 3 is 2.39 bits per heavy atom. The maximum absolute atomic E-state index is 12.4. The first-order chi connectivity index (χ1) is 13.3. The Hall–Kier alpha value is -2.71. The lowest BCUT2D eigenvalue weighted by Crippen LogP contribution is -2.26. The third-order valence-electron chi connectivity index (χ3n) is 4.76. The van der Waals surface area contributed by atoms with Crippen LogP contribution >= 0.6 is 0 Å². The van der Waals surface area contributed by atoms with Gasteiger partial charge in [-0.1, -0.05) is 24.3 Å². The summed E-state index contributed by atoms with van der Waals surface area (Å²) in [5.41, 5.74) is 3.98. The van der Waals surface area contributed by atoms with Crippen molar-refractivity contribution in [1.82, 2.24) is 10.0 Å². The van der Waals surface area contributed by atoms with E-state index >= 15 is 0 Å². The third kappa shape index (κ3) is 4.58. The highest BCUT2D eigenvalue weighted by molar-refractivity contribution is 7.88. The lowest BCUT2D eigenvalue weighted by atomic mass is 10.1. The van der Waals surface area contributed by atoms with Gasteiger partial charge in [0.15, 0.2) is 0 Å². The number of nitrogens with one attached hydrogen (secondary N) is 2. The van der Waals surface area contributed by atoms with Gasteiger partial charge in [-0.2, -0.15) is 0 Å². The average Bonchev–Trinajstić information content (AvgIpc) is 3.10. The molecule has 148 valence electrons. The molecule has 0 bridgehead atoms. The van der Waals surface area contributed by atoms with Crippen molar-refractivity contribution in [2.24, 2.45) is 0 Å². The molecule has 2 aromatic carbocycles. The maximum Gasteiger partial charge on any atom is 0.251 e. The molecule has 3 rings (SSSR count). The molecule has 0 spiro atoms. The molecule has 2 aromatic rings. The topological polar surface area (TPSA) is 95.6 Å². The van der Waals surface area contributed by atoms with Gasteiger partial charge in [0.25, 0.3) is 5.91 Å². The number of nitrogens with zero attached hydrogens (tertiary/aromatic N) is 1. The van der Waals surface area contributed by atoms with E-state index in [-0.39, 0.29) is 17.6 Å². The number of anilines is 1. The molecule has 0 unspecified atom stereocenters. The molecule has 0 saturated carbocycles. The SMILES string of the molecule is CNS(=O)(=O)Cc1ccc(CNC(=O)c2ccc3c(c2)CCN3C(C)=O)cc1. The molecule has 0 aromatic heterocycles. The van der Waals surface area contributed by atoms with Crippen LogP contribution in [0.25, 0.3) is 0 Å². The second-order valence-electron chi connectivity index (χ2n) is 6.73. The quantitative estimate of drug-likeness (QED) is 0.768. The first-order valence-corrected chi connectivity index (χ1v) is 10.6. The highest BCUT2D eigenvalue weighted by Crippen LogP contribution is 2.28. The van der Waals surface area contributed by atoms with Crippen LogP contribution in [0, 0.1) is 0 Å². The number of hydrogen-bond acceptors (Lipinski definition) is 4. The molecule has 7 nitrogen and oxygen atoms in total. The summed E-state index contributed by atoms with van der Waals surface area (Å²) in [6.07, 6.45) is 0.743. The molecule has 0 aliphatic carbocycles. The van der Waals surface area contributed by atoms with Gasteiger partial charge in [-0.3, -0.25) is 9.59 Å². The Kier molecular flexibility index (Phi) is 5.81. The fraction of sp³-hybridized carbons (Fsp3) is 0.300. The Morgan fingerprint density at radius 2 is 1.75 bits per heavy atom. The zero-order chi connectivity index (χ0) is 20.3. The van der Waals surface area contributed by atoms with Crippen molar-refractivity contribution in [3.05, 3.63) is 64.7 Å². The number of carbonyl (C=O) groups is 2. The number of rotatable bonds is 6. The normalized spacial score (nSPS) is 13.3. The molecule has 0 saturated heterocycles. The Balaban J connectivity index is 1.61. The van der Waals surface area contributed by atoms with Crippen LogP contribution < -0.4 is 14.9 Å². The summed E-state index contributed by atoms with van der Waals surface area (Å²) in [6, 6.07) is 12.4. The molecular weight excluding hydrogens is 378 g/mol. The second kappa shape index (κ2) is 8.12. The molecule has 2 N–H and O–H groups in total.